The third-order valence-corrected chi connectivity index (χ3v) is 3.15. The summed E-state index contributed by atoms with van der Waals surface area (Å²) in [5.41, 5.74) is -0.135. The zero-order chi connectivity index (χ0) is 13.2. The summed E-state index contributed by atoms with van der Waals surface area (Å²) >= 11 is 0. The maximum atomic E-state index is 12.6. The zero-order valence-corrected chi connectivity index (χ0v) is 10.0. The Balaban J connectivity index is 2.30. The highest BCUT2D eigenvalue weighted by atomic mass is 19.4. The molecule has 0 saturated carbocycles. The second-order valence-corrected chi connectivity index (χ2v) is 4.33. The largest absolute Gasteiger partial charge is 0.495 e. The lowest BCUT2D eigenvalue weighted by atomic mass is 9.93. The molecule has 1 aliphatic rings. The van der Waals surface area contributed by atoms with Crippen molar-refractivity contribution in [3.8, 4) is 5.75 Å². The monoisotopic (exact) mass is 260 g/mol. The summed E-state index contributed by atoms with van der Waals surface area (Å²) < 4.78 is 42.8. The van der Waals surface area contributed by atoms with Crippen LogP contribution in [-0.4, -0.2) is 25.2 Å². The summed E-state index contributed by atoms with van der Waals surface area (Å²) in [6.07, 6.45) is -1.75. The van der Waals surface area contributed by atoms with Crippen LogP contribution in [0.1, 0.15) is 30.0 Å². The van der Waals surface area contributed by atoms with Gasteiger partial charge in [-0.1, -0.05) is 0 Å². The lowest BCUT2D eigenvalue weighted by Crippen LogP contribution is -2.27. The van der Waals surface area contributed by atoms with Crippen LogP contribution in [0.25, 0.3) is 0 Å². The Kier molecular flexibility index (Phi) is 3.75. The van der Waals surface area contributed by atoms with E-state index in [1.54, 1.807) is 0 Å². The normalized spacial score (nSPS) is 17.8. The Morgan fingerprint density at radius 3 is 2.56 bits per heavy atom. The minimum absolute atomic E-state index is 0.170. The molecule has 1 aromatic heterocycles. The van der Waals surface area contributed by atoms with Gasteiger partial charge in [-0.05, 0) is 32.0 Å². The van der Waals surface area contributed by atoms with Gasteiger partial charge in [0.25, 0.3) is 0 Å². The van der Waals surface area contributed by atoms with Gasteiger partial charge in [0, 0.05) is 12.1 Å². The predicted octanol–water partition coefficient (Wildman–Crippen LogP) is 2.58. The summed E-state index contributed by atoms with van der Waals surface area (Å²) in [4.78, 5) is 3.97. The van der Waals surface area contributed by atoms with E-state index < -0.39 is 11.7 Å². The molecule has 2 rings (SSSR count). The highest BCUT2D eigenvalue weighted by Crippen LogP contribution is 2.36. The number of nitrogens with one attached hydrogen (secondary N) is 1. The second-order valence-electron chi connectivity index (χ2n) is 4.33. The number of halogens is 3. The number of rotatable bonds is 2. The number of hydrogen-bond acceptors (Lipinski definition) is 3. The number of aromatic nitrogens is 1. The number of alkyl halides is 3. The van der Waals surface area contributed by atoms with E-state index in [0.717, 1.165) is 38.2 Å². The van der Waals surface area contributed by atoms with Crippen LogP contribution >= 0.6 is 0 Å². The molecular formula is C12H15F3N2O. The fraction of sp³-hybridized carbons (Fsp3) is 0.583. The van der Waals surface area contributed by atoms with Crippen LogP contribution in [0, 0.1) is 0 Å². The van der Waals surface area contributed by atoms with E-state index in [9.17, 15) is 13.2 Å². The Bertz CT molecular complexity index is 414. The molecule has 1 fully saturated rings. The van der Waals surface area contributed by atoms with Crippen LogP contribution in [0.5, 0.6) is 5.75 Å². The smallest absolute Gasteiger partial charge is 0.418 e. The topological polar surface area (TPSA) is 34.1 Å². The first-order chi connectivity index (χ1) is 8.52. The summed E-state index contributed by atoms with van der Waals surface area (Å²) in [5.74, 6) is 0.403. The molecule has 18 heavy (non-hydrogen) atoms. The Morgan fingerprint density at radius 2 is 2.00 bits per heavy atom. The molecule has 0 spiro atoms. The van der Waals surface area contributed by atoms with Crippen molar-refractivity contribution >= 4 is 0 Å². The molecular weight excluding hydrogens is 245 g/mol. The first-order valence-corrected chi connectivity index (χ1v) is 5.84. The molecule has 0 unspecified atom stereocenters. The lowest BCUT2D eigenvalue weighted by Gasteiger charge is -2.24. The number of nitrogens with zero attached hydrogens (tertiary/aromatic N) is 1. The fourth-order valence-electron chi connectivity index (χ4n) is 2.18. The molecule has 1 saturated heterocycles. The van der Waals surface area contributed by atoms with Gasteiger partial charge < -0.3 is 10.1 Å². The summed E-state index contributed by atoms with van der Waals surface area (Å²) in [7, 11) is 1.38. The van der Waals surface area contributed by atoms with Gasteiger partial charge in [0.15, 0.2) is 0 Å². The molecule has 0 aliphatic carbocycles. The van der Waals surface area contributed by atoms with Crippen LogP contribution in [0.3, 0.4) is 0 Å². The molecule has 0 amide bonds. The second kappa shape index (κ2) is 5.14. The third-order valence-electron chi connectivity index (χ3n) is 3.15. The van der Waals surface area contributed by atoms with Crippen molar-refractivity contribution in [3.05, 3.63) is 23.5 Å². The quantitative estimate of drug-likeness (QED) is 0.887. The minimum atomic E-state index is -4.38. The predicted molar refractivity (Wildman–Crippen MR) is 60.6 cm³/mol. The van der Waals surface area contributed by atoms with Crippen molar-refractivity contribution in [1.29, 1.82) is 0 Å². The van der Waals surface area contributed by atoms with Crippen molar-refractivity contribution in [1.82, 2.24) is 10.3 Å². The van der Waals surface area contributed by atoms with Crippen molar-refractivity contribution in [3.63, 3.8) is 0 Å². The van der Waals surface area contributed by atoms with E-state index in [4.69, 9.17) is 4.74 Å². The number of hydrogen-bond donors (Lipinski definition) is 1. The van der Waals surface area contributed by atoms with E-state index in [1.165, 1.54) is 7.11 Å². The van der Waals surface area contributed by atoms with Gasteiger partial charge >= 0.3 is 6.18 Å². The molecule has 1 aliphatic heterocycles. The van der Waals surface area contributed by atoms with Gasteiger partial charge in [-0.15, -0.1) is 0 Å². The number of piperidine rings is 1. The van der Waals surface area contributed by atoms with Gasteiger partial charge in [-0.2, -0.15) is 13.2 Å². The van der Waals surface area contributed by atoms with Gasteiger partial charge in [0.05, 0.1) is 18.4 Å². The molecule has 0 bridgehead atoms. The van der Waals surface area contributed by atoms with Crippen molar-refractivity contribution in [2.75, 3.05) is 20.2 Å². The van der Waals surface area contributed by atoms with Crippen molar-refractivity contribution in [2.24, 2.45) is 0 Å². The van der Waals surface area contributed by atoms with Crippen LogP contribution in [-0.2, 0) is 6.18 Å². The average molecular weight is 260 g/mol. The molecule has 6 heteroatoms. The first kappa shape index (κ1) is 13.1. The van der Waals surface area contributed by atoms with E-state index >= 15 is 0 Å². The molecule has 0 atom stereocenters. The molecule has 100 valence electrons. The highest BCUT2D eigenvalue weighted by Gasteiger charge is 2.32. The van der Waals surface area contributed by atoms with Crippen LogP contribution in [0.2, 0.25) is 0 Å². The zero-order valence-electron chi connectivity index (χ0n) is 10.0. The van der Waals surface area contributed by atoms with Crippen LogP contribution in [0.15, 0.2) is 12.3 Å². The Labute approximate surface area is 103 Å². The molecule has 2 heterocycles. The third kappa shape index (κ3) is 2.75. The highest BCUT2D eigenvalue weighted by molar-refractivity contribution is 5.35. The lowest BCUT2D eigenvalue weighted by molar-refractivity contribution is -0.138. The van der Waals surface area contributed by atoms with Crippen molar-refractivity contribution < 1.29 is 17.9 Å². The summed E-state index contributed by atoms with van der Waals surface area (Å²) in [5, 5.41) is 3.21. The van der Waals surface area contributed by atoms with Crippen LogP contribution < -0.4 is 10.1 Å². The van der Waals surface area contributed by atoms with Gasteiger partial charge in [-0.3, -0.25) is 4.98 Å². The van der Waals surface area contributed by atoms with Crippen molar-refractivity contribution in [2.45, 2.75) is 24.9 Å². The van der Waals surface area contributed by atoms with E-state index in [0.29, 0.717) is 5.69 Å². The molecule has 1 N–H and O–H groups in total. The van der Waals surface area contributed by atoms with E-state index in [1.807, 2.05) is 0 Å². The number of ether oxygens (including phenoxy) is 1. The first-order valence-electron chi connectivity index (χ1n) is 5.84. The molecule has 1 aromatic rings. The average Bonchev–Trinajstić information content (AvgIpc) is 2.38. The fourth-order valence-corrected chi connectivity index (χ4v) is 2.18. The maximum Gasteiger partial charge on any atom is 0.418 e. The number of methoxy groups -OCH3 is 1. The summed E-state index contributed by atoms with van der Waals surface area (Å²) in [6.45, 7) is 1.72. The molecule has 0 radical (unpaired) electrons. The Morgan fingerprint density at radius 1 is 1.33 bits per heavy atom. The van der Waals surface area contributed by atoms with E-state index in [2.05, 4.69) is 10.3 Å². The van der Waals surface area contributed by atoms with Crippen LogP contribution in [0.4, 0.5) is 13.2 Å². The maximum absolute atomic E-state index is 12.6. The number of pyridine rings is 1. The molecule has 3 nitrogen and oxygen atoms in total. The standard InChI is InChI=1S/C12H15F3N2O/c1-18-10-6-9(12(13,14)15)7-17-11(10)8-2-4-16-5-3-8/h6-8,16H,2-5H2,1H3. The minimum Gasteiger partial charge on any atom is -0.495 e. The van der Waals surface area contributed by atoms with E-state index in [-0.39, 0.29) is 11.7 Å². The SMILES string of the molecule is COc1cc(C(F)(F)F)cnc1C1CCNCC1. The Hall–Kier alpha value is -1.30. The molecule has 0 aromatic carbocycles. The summed E-state index contributed by atoms with van der Waals surface area (Å²) in [6, 6.07) is 1.03. The van der Waals surface area contributed by atoms with Gasteiger partial charge in [0.2, 0.25) is 0 Å². The van der Waals surface area contributed by atoms with Gasteiger partial charge in [-0.25, -0.2) is 0 Å². The van der Waals surface area contributed by atoms with Gasteiger partial charge in [0.1, 0.15) is 5.75 Å².